The summed E-state index contributed by atoms with van der Waals surface area (Å²) in [4.78, 5) is 23.7. The maximum absolute atomic E-state index is 11.9. The molecule has 3 rings (SSSR count). The Morgan fingerprint density at radius 1 is 1.18 bits per heavy atom. The lowest BCUT2D eigenvalue weighted by atomic mass is 10.2. The van der Waals surface area contributed by atoms with E-state index in [0.717, 1.165) is 31.4 Å². The zero-order valence-electron chi connectivity index (χ0n) is 12.6. The summed E-state index contributed by atoms with van der Waals surface area (Å²) in [5.74, 6) is -0.347. The fraction of sp³-hybridized carbons (Fsp3) is 0.500. The van der Waals surface area contributed by atoms with E-state index in [9.17, 15) is 9.59 Å². The molecule has 1 aliphatic heterocycles. The first-order valence-corrected chi connectivity index (χ1v) is 7.87. The van der Waals surface area contributed by atoms with Crippen molar-refractivity contribution < 1.29 is 9.21 Å². The first kappa shape index (κ1) is 14.8. The first-order valence-electron chi connectivity index (χ1n) is 7.87. The minimum atomic E-state index is -0.363. The molecule has 118 valence electrons. The Bertz CT molecular complexity index is 698. The Morgan fingerprint density at radius 2 is 1.95 bits per heavy atom. The number of para-hydroxylation sites is 2. The fourth-order valence-corrected chi connectivity index (χ4v) is 2.86. The topological polar surface area (TPSA) is 67.5 Å². The highest BCUT2D eigenvalue weighted by Crippen LogP contribution is 2.12. The van der Waals surface area contributed by atoms with E-state index in [4.69, 9.17) is 4.42 Å². The van der Waals surface area contributed by atoms with Gasteiger partial charge in [0, 0.05) is 26.1 Å². The Kier molecular flexibility index (Phi) is 4.58. The lowest BCUT2D eigenvalue weighted by Gasteiger charge is -2.26. The van der Waals surface area contributed by atoms with Gasteiger partial charge in [-0.05, 0) is 31.4 Å². The number of hydrogen-bond acceptors (Lipinski definition) is 4. The second-order valence-corrected chi connectivity index (χ2v) is 5.67. The molecular formula is C16H21N3O3. The van der Waals surface area contributed by atoms with Crippen molar-refractivity contribution in [2.75, 3.05) is 13.1 Å². The maximum Gasteiger partial charge on any atom is 0.419 e. The molecule has 6 heteroatoms. The van der Waals surface area contributed by atoms with Crippen molar-refractivity contribution in [1.29, 1.82) is 0 Å². The number of fused-ring (bicyclic) bond motifs is 1. The molecule has 1 N–H and O–H groups in total. The Morgan fingerprint density at radius 3 is 2.77 bits per heavy atom. The van der Waals surface area contributed by atoms with Crippen LogP contribution in [0.2, 0.25) is 0 Å². The minimum absolute atomic E-state index is 0.0164. The standard InChI is InChI=1S/C16H21N3O3/c20-15(17-18-10-4-1-5-11-18)9-6-12-19-13-7-2-3-8-14(13)22-16(19)21/h2-3,7-8H,1,4-6,9-12H2,(H,17,20). The third kappa shape index (κ3) is 3.39. The average molecular weight is 303 g/mol. The normalized spacial score (nSPS) is 16.0. The van der Waals surface area contributed by atoms with Crippen LogP contribution in [0.4, 0.5) is 0 Å². The van der Waals surface area contributed by atoms with Crippen molar-refractivity contribution >= 4 is 17.0 Å². The number of aryl methyl sites for hydroxylation is 1. The van der Waals surface area contributed by atoms with Gasteiger partial charge in [0.2, 0.25) is 5.91 Å². The third-order valence-corrected chi connectivity index (χ3v) is 4.00. The number of rotatable bonds is 5. The van der Waals surface area contributed by atoms with E-state index in [-0.39, 0.29) is 11.7 Å². The number of aromatic nitrogens is 1. The molecule has 0 radical (unpaired) electrons. The average Bonchev–Trinajstić information content (AvgIpc) is 2.84. The number of amides is 1. The van der Waals surface area contributed by atoms with Gasteiger partial charge in [0.15, 0.2) is 5.58 Å². The van der Waals surface area contributed by atoms with Crippen molar-refractivity contribution in [3.05, 3.63) is 34.8 Å². The maximum atomic E-state index is 11.9. The summed E-state index contributed by atoms with van der Waals surface area (Å²) >= 11 is 0. The summed E-state index contributed by atoms with van der Waals surface area (Å²) in [5, 5.41) is 1.99. The number of carbonyl (C=O) groups is 1. The van der Waals surface area contributed by atoms with Crippen LogP contribution in [-0.2, 0) is 11.3 Å². The quantitative estimate of drug-likeness (QED) is 0.916. The van der Waals surface area contributed by atoms with E-state index in [1.54, 1.807) is 10.6 Å². The van der Waals surface area contributed by atoms with E-state index in [1.165, 1.54) is 6.42 Å². The monoisotopic (exact) mass is 303 g/mol. The number of oxazole rings is 1. The molecule has 1 amide bonds. The highest BCUT2D eigenvalue weighted by molar-refractivity contribution is 5.75. The SMILES string of the molecule is O=C(CCCn1c(=O)oc2ccccc21)NN1CCCCC1. The van der Waals surface area contributed by atoms with E-state index < -0.39 is 0 Å². The van der Waals surface area contributed by atoms with Gasteiger partial charge in [0.05, 0.1) is 5.52 Å². The van der Waals surface area contributed by atoms with Gasteiger partial charge in [0.1, 0.15) is 0 Å². The lowest BCUT2D eigenvalue weighted by molar-refractivity contribution is -0.126. The number of hydrogen-bond donors (Lipinski definition) is 1. The zero-order chi connectivity index (χ0) is 15.4. The second-order valence-electron chi connectivity index (χ2n) is 5.67. The number of nitrogens with one attached hydrogen (secondary N) is 1. The highest BCUT2D eigenvalue weighted by Gasteiger charge is 2.13. The van der Waals surface area contributed by atoms with Crippen molar-refractivity contribution in [2.24, 2.45) is 0 Å². The largest absolute Gasteiger partial charge is 0.419 e. The molecule has 22 heavy (non-hydrogen) atoms. The van der Waals surface area contributed by atoms with E-state index in [1.807, 2.05) is 23.2 Å². The van der Waals surface area contributed by atoms with Crippen molar-refractivity contribution in [3.63, 3.8) is 0 Å². The van der Waals surface area contributed by atoms with Gasteiger partial charge in [0.25, 0.3) is 0 Å². The molecule has 1 saturated heterocycles. The summed E-state index contributed by atoms with van der Waals surface area (Å²) in [6.07, 6.45) is 4.53. The van der Waals surface area contributed by atoms with Crippen LogP contribution in [0.15, 0.2) is 33.5 Å². The van der Waals surface area contributed by atoms with Crippen molar-refractivity contribution in [3.8, 4) is 0 Å². The first-order chi connectivity index (χ1) is 10.7. The summed E-state index contributed by atoms with van der Waals surface area (Å²) in [5.41, 5.74) is 4.30. The summed E-state index contributed by atoms with van der Waals surface area (Å²) in [6, 6.07) is 7.34. The molecule has 0 bridgehead atoms. The smallest absolute Gasteiger partial charge is 0.408 e. The molecule has 1 aromatic carbocycles. The second kappa shape index (κ2) is 6.79. The Labute approximate surface area is 128 Å². The van der Waals surface area contributed by atoms with Crippen LogP contribution in [0.1, 0.15) is 32.1 Å². The fourth-order valence-electron chi connectivity index (χ4n) is 2.86. The molecule has 1 aromatic heterocycles. The molecular weight excluding hydrogens is 282 g/mol. The van der Waals surface area contributed by atoms with Crippen LogP contribution < -0.4 is 11.2 Å². The van der Waals surface area contributed by atoms with E-state index >= 15 is 0 Å². The summed E-state index contributed by atoms with van der Waals surface area (Å²) < 4.78 is 6.76. The lowest BCUT2D eigenvalue weighted by Crippen LogP contribution is -2.45. The summed E-state index contributed by atoms with van der Waals surface area (Å²) in [7, 11) is 0. The van der Waals surface area contributed by atoms with Gasteiger partial charge in [-0.3, -0.25) is 14.8 Å². The number of benzene rings is 1. The van der Waals surface area contributed by atoms with Crippen LogP contribution in [0.3, 0.4) is 0 Å². The number of hydrazine groups is 1. The van der Waals surface area contributed by atoms with Crippen LogP contribution in [0.5, 0.6) is 0 Å². The van der Waals surface area contributed by atoms with Crippen molar-refractivity contribution in [2.45, 2.75) is 38.6 Å². The molecule has 1 fully saturated rings. The van der Waals surface area contributed by atoms with Crippen LogP contribution in [0.25, 0.3) is 11.1 Å². The predicted molar refractivity (Wildman–Crippen MR) is 83.3 cm³/mol. The van der Waals surface area contributed by atoms with Crippen LogP contribution in [0, 0.1) is 0 Å². The highest BCUT2D eigenvalue weighted by atomic mass is 16.4. The number of nitrogens with zero attached hydrogens (tertiary/aromatic N) is 2. The van der Waals surface area contributed by atoms with Crippen LogP contribution >= 0.6 is 0 Å². The molecule has 0 aliphatic carbocycles. The molecule has 0 spiro atoms. The molecule has 0 unspecified atom stereocenters. The van der Waals surface area contributed by atoms with Gasteiger partial charge in [-0.1, -0.05) is 18.6 Å². The van der Waals surface area contributed by atoms with Gasteiger partial charge in [-0.15, -0.1) is 0 Å². The minimum Gasteiger partial charge on any atom is -0.408 e. The van der Waals surface area contributed by atoms with Gasteiger partial charge < -0.3 is 4.42 Å². The van der Waals surface area contributed by atoms with E-state index in [2.05, 4.69) is 5.43 Å². The zero-order valence-corrected chi connectivity index (χ0v) is 12.6. The molecule has 1 aliphatic rings. The number of carbonyl (C=O) groups excluding carboxylic acids is 1. The van der Waals surface area contributed by atoms with E-state index in [0.29, 0.717) is 25.0 Å². The summed E-state index contributed by atoms with van der Waals surface area (Å²) in [6.45, 7) is 2.35. The molecule has 2 aromatic rings. The molecule has 6 nitrogen and oxygen atoms in total. The Balaban J connectivity index is 1.52. The molecule has 0 atom stereocenters. The van der Waals surface area contributed by atoms with Gasteiger partial charge in [-0.25, -0.2) is 9.80 Å². The third-order valence-electron chi connectivity index (χ3n) is 4.00. The van der Waals surface area contributed by atoms with Gasteiger partial charge in [-0.2, -0.15) is 0 Å². The Hall–Kier alpha value is -2.08. The van der Waals surface area contributed by atoms with Crippen molar-refractivity contribution in [1.82, 2.24) is 15.0 Å². The predicted octanol–water partition coefficient (Wildman–Crippen LogP) is 1.89. The van der Waals surface area contributed by atoms with Gasteiger partial charge >= 0.3 is 5.76 Å². The molecule has 0 saturated carbocycles. The number of piperidine rings is 1. The molecule has 2 heterocycles. The van der Waals surface area contributed by atoms with Crippen LogP contribution in [-0.4, -0.2) is 28.6 Å².